The molecule has 3 heterocycles. The standard InChI is InChI=1S/C21H20F5N5O3/c1-10-9-33-4-3-31(10)19-27-7-13(8-28-19)29-20(32)30-18(21(24,25)26)16-11(2)14-5-12(22)6-15(23)17(14)34-16/h5-8,10,18H,3-4,9H2,1-2H3,(H2,29,30,32)/t10-,18?/m1/s1. The third-order valence-corrected chi connectivity index (χ3v) is 5.38. The van der Waals surface area contributed by atoms with E-state index in [9.17, 15) is 26.7 Å². The number of carbonyl (C=O) groups is 1. The molecule has 8 nitrogen and oxygen atoms in total. The van der Waals surface area contributed by atoms with Gasteiger partial charge in [0, 0.05) is 23.6 Å². The van der Waals surface area contributed by atoms with E-state index in [0.717, 1.165) is 6.07 Å². The molecule has 34 heavy (non-hydrogen) atoms. The zero-order chi connectivity index (χ0) is 24.6. The molecule has 13 heteroatoms. The predicted molar refractivity (Wildman–Crippen MR) is 111 cm³/mol. The minimum Gasteiger partial charge on any atom is -0.455 e. The number of benzene rings is 1. The highest BCUT2D eigenvalue weighted by atomic mass is 19.4. The Bertz CT molecular complexity index is 1200. The minimum atomic E-state index is -4.99. The van der Waals surface area contributed by atoms with Gasteiger partial charge in [-0.05, 0) is 19.9 Å². The zero-order valence-electron chi connectivity index (χ0n) is 18.0. The molecule has 2 atom stereocenters. The number of hydrogen-bond donors (Lipinski definition) is 2. The summed E-state index contributed by atoms with van der Waals surface area (Å²) in [4.78, 5) is 22.6. The van der Waals surface area contributed by atoms with Gasteiger partial charge < -0.3 is 24.7 Å². The van der Waals surface area contributed by atoms with Crippen LogP contribution >= 0.6 is 0 Å². The molecule has 0 aliphatic carbocycles. The molecule has 3 aromatic rings. The van der Waals surface area contributed by atoms with Gasteiger partial charge in [0.1, 0.15) is 11.6 Å². The number of rotatable bonds is 4. The average Bonchev–Trinajstić information content (AvgIpc) is 3.09. The van der Waals surface area contributed by atoms with Crippen molar-refractivity contribution in [2.45, 2.75) is 32.1 Å². The molecule has 0 spiro atoms. The number of aromatic nitrogens is 2. The number of alkyl halides is 3. The van der Waals surface area contributed by atoms with Crippen molar-refractivity contribution >= 4 is 28.6 Å². The fraction of sp³-hybridized carbons (Fsp3) is 0.381. The highest BCUT2D eigenvalue weighted by Crippen LogP contribution is 2.39. The molecule has 0 radical (unpaired) electrons. The summed E-state index contributed by atoms with van der Waals surface area (Å²) in [6.07, 6.45) is -2.47. The maximum Gasteiger partial charge on any atom is 0.416 e. The SMILES string of the molecule is Cc1c(C(NC(=O)Nc2cnc(N3CCOC[C@H]3C)nc2)C(F)(F)F)oc2c(F)cc(F)cc12. The Balaban J connectivity index is 1.53. The normalized spacial score (nSPS) is 17.6. The third-order valence-electron chi connectivity index (χ3n) is 5.38. The van der Waals surface area contributed by atoms with Crippen LogP contribution in [-0.2, 0) is 4.74 Å². The van der Waals surface area contributed by atoms with E-state index in [1.807, 2.05) is 11.8 Å². The maximum atomic E-state index is 14.0. The quantitative estimate of drug-likeness (QED) is 0.531. The largest absolute Gasteiger partial charge is 0.455 e. The van der Waals surface area contributed by atoms with Crippen molar-refractivity contribution in [3.63, 3.8) is 0 Å². The first kappa shape index (κ1) is 23.7. The van der Waals surface area contributed by atoms with Crippen LogP contribution in [0.25, 0.3) is 11.0 Å². The van der Waals surface area contributed by atoms with Crippen molar-refractivity contribution in [1.29, 1.82) is 0 Å². The summed E-state index contributed by atoms with van der Waals surface area (Å²) < 4.78 is 79.3. The highest BCUT2D eigenvalue weighted by molar-refractivity contribution is 5.89. The topological polar surface area (TPSA) is 92.5 Å². The number of amides is 2. The number of urea groups is 1. The molecule has 1 aromatic carbocycles. The summed E-state index contributed by atoms with van der Waals surface area (Å²) in [5.41, 5.74) is -0.632. The first-order valence-electron chi connectivity index (χ1n) is 10.2. The average molecular weight is 485 g/mol. The molecule has 1 fully saturated rings. The van der Waals surface area contributed by atoms with Crippen molar-refractivity contribution in [3.05, 3.63) is 47.5 Å². The van der Waals surface area contributed by atoms with E-state index in [4.69, 9.17) is 9.15 Å². The van der Waals surface area contributed by atoms with Crippen molar-refractivity contribution in [2.75, 3.05) is 30.0 Å². The molecule has 1 aliphatic rings. The van der Waals surface area contributed by atoms with E-state index in [0.29, 0.717) is 31.8 Å². The van der Waals surface area contributed by atoms with Crippen LogP contribution in [0.5, 0.6) is 0 Å². The van der Waals surface area contributed by atoms with Crippen LogP contribution in [0.1, 0.15) is 24.3 Å². The Morgan fingerprint density at radius 1 is 1.24 bits per heavy atom. The molecule has 2 amide bonds. The number of aryl methyl sites for hydroxylation is 1. The summed E-state index contributed by atoms with van der Waals surface area (Å²) in [5.74, 6) is -2.48. The van der Waals surface area contributed by atoms with Crippen molar-refractivity contribution in [3.8, 4) is 0 Å². The number of morpholine rings is 1. The second-order valence-electron chi connectivity index (χ2n) is 7.82. The lowest BCUT2D eigenvalue weighted by molar-refractivity contribution is -0.158. The fourth-order valence-corrected chi connectivity index (χ4v) is 3.69. The Kier molecular flexibility index (Phi) is 6.30. The number of halogens is 5. The van der Waals surface area contributed by atoms with Crippen LogP contribution in [0.3, 0.4) is 0 Å². The fourth-order valence-electron chi connectivity index (χ4n) is 3.69. The lowest BCUT2D eigenvalue weighted by Crippen LogP contribution is -2.44. The Morgan fingerprint density at radius 3 is 2.59 bits per heavy atom. The number of carbonyl (C=O) groups excluding carboxylic acids is 1. The molecule has 1 aliphatic heterocycles. The van der Waals surface area contributed by atoms with Gasteiger partial charge in [0.05, 0.1) is 37.3 Å². The number of furan rings is 1. The molecule has 1 unspecified atom stereocenters. The molecule has 2 aromatic heterocycles. The summed E-state index contributed by atoms with van der Waals surface area (Å²) in [5, 5.41) is 3.85. The summed E-state index contributed by atoms with van der Waals surface area (Å²) >= 11 is 0. The molecule has 2 N–H and O–H groups in total. The molecular formula is C21H20F5N5O3. The Morgan fingerprint density at radius 2 is 1.94 bits per heavy atom. The van der Waals surface area contributed by atoms with Gasteiger partial charge in [-0.25, -0.2) is 23.5 Å². The van der Waals surface area contributed by atoms with Gasteiger partial charge in [0.15, 0.2) is 17.4 Å². The Labute approximate surface area is 190 Å². The molecule has 0 bridgehead atoms. The van der Waals surface area contributed by atoms with Gasteiger partial charge >= 0.3 is 12.2 Å². The van der Waals surface area contributed by atoms with Crippen molar-refractivity contribution in [1.82, 2.24) is 15.3 Å². The lowest BCUT2D eigenvalue weighted by Gasteiger charge is -2.33. The van der Waals surface area contributed by atoms with Crippen LogP contribution in [0.15, 0.2) is 28.9 Å². The lowest BCUT2D eigenvalue weighted by atomic mass is 10.1. The van der Waals surface area contributed by atoms with Crippen LogP contribution < -0.4 is 15.5 Å². The van der Waals surface area contributed by atoms with Crippen LogP contribution in [-0.4, -0.2) is 48.0 Å². The van der Waals surface area contributed by atoms with Crippen molar-refractivity contribution in [2.24, 2.45) is 0 Å². The van der Waals surface area contributed by atoms with Crippen LogP contribution in [0.2, 0.25) is 0 Å². The van der Waals surface area contributed by atoms with Gasteiger partial charge in [-0.1, -0.05) is 0 Å². The van der Waals surface area contributed by atoms with E-state index in [1.54, 1.807) is 5.32 Å². The minimum absolute atomic E-state index is 0.0359. The monoisotopic (exact) mass is 485 g/mol. The van der Waals surface area contributed by atoms with Crippen LogP contribution in [0.4, 0.5) is 38.4 Å². The van der Waals surface area contributed by atoms with E-state index in [-0.39, 0.29) is 22.7 Å². The van der Waals surface area contributed by atoms with Gasteiger partial charge in [-0.2, -0.15) is 13.2 Å². The first-order valence-corrected chi connectivity index (χ1v) is 10.2. The first-order chi connectivity index (χ1) is 16.0. The van der Waals surface area contributed by atoms with Gasteiger partial charge in [0.25, 0.3) is 0 Å². The predicted octanol–water partition coefficient (Wildman–Crippen LogP) is 4.46. The van der Waals surface area contributed by atoms with Gasteiger partial charge in [0.2, 0.25) is 5.95 Å². The van der Waals surface area contributed by atoms with Gasteiger partial charge in [-0.3, -0.25) is 0 Å². The summed E-state index contributed by atoms with van der Waals surface area (Å²) in [6.45, 7) is 4.73. The summed E-state index contributed by atoms with van der Waals surface area (Å²) in [6, 6.07) is -2.43. The molecule has 4 rings (SSSR count). The maximum absolute atomic E-state index is 14.0. The van der Waals surface area contributed by atoms with E-state index < -0.39 is 41.2 Å². The highest BCUT2D eigenvalue weighted by Gasteiger charge is 2.45. The molecule has 182 valence electrons. The number of nitrogens with one attached hydrogen (secondary N) is 2. The van der Waals surface area contributed by atoms with Gasteiger partial charge in [-0.15, -0.1) is 0 Å². The Hall–Kier alpha value is -3.48. The molecule has 1 saturated heterocycles. The number of anilines is 2. The molecule has 0 saturated carbocycles. The van der Waals surface area contributed by atoms with E-state index in [2.05, 4.69) is 15.3 Å². The number of hydrogen-bond acceptors (Lipinski definition) is 6. The number of fused-ring (bicyclic) bond motifs is 1. The third kappa shape index (κ3) is 4.74. The summed E-state index contributed by atoms with van der Waals surface area (Å²) in [7, 11) is 0. The second-order valence-corrected chi connectivity index (χ2v) is 7.82. The van der Waals surface area contributed by atoms with E-state index in [1.165, 1.54) is 19.3 Å². The number of ether oxygens (including phenoxy) is 1. The van der Waals surface area contributed by atoms with Crippen LogP contribution in [0, 0.1) is 18.6 Å². The van der Waals surface area contributed by atoms with E-state index >= 15 is 0 Å². The van der Waals surface area contributed by atoms with Crippen molar-refractivity contribution < 1.29 is 35.9 Å². The smallest absolute Gasteiger partial charge is 0.416 e. The number of nitrogens with zero attached hydrogens (tertiary/aromatic N) is 3. The second kappa shape index (κ2) is 9.05. The molecular weight excluding hydrogens is 465 g/mol. The zero-order valence-corrected chi connectivity index (χ0v) is 18.0.